The first-order valence-electron chi connectivity index (χ1n) is 7.01. The van der Waals surface area contributed by atoms with Crippen LogP contribution in [0.25, 0.3) is 0 Å². The van der Waals surface area contributed by atoms with Gasteiger partial charge in [-0.05, 0) is 43.7 Å². The topological polar surface area (TPSA) is 21.3 Å². The van der Waals surface area contributed by atoms with Gasteiger partial charge in [-0.1, -0.05) is 31.2 Å². The third-order valence-electron chi connectivity index (χ3n) is 3.31. The number of para-hydroxylation sites is 2. The molecule has 1 unspecified atom stereocenters. The van der Waals surface area contributed by atoms with Gasteiger partial charge in [0, 0.05) is 6.54 Å². The lowest BCUT2D eigenvalue weighted by atomic mass is 9.94. The molecular formula is C16H23NO. The summed E-state index contributed by atoms with van der Waals surface area (Å²) in [5.41, 5.74) is 1.13. The third kappa shape index (κ3) is 3.80. The number of rotatable bonds is 6. The number of hydrogen-bond donors (Lipinski definition) is 1. The number of ether oxygens (including phenoxy) is 1. The Morgan fingerprint density at radius 2 is 2.17 bits per heavy atom. The van der Waals surface area contributed by atoms with Gasteiger partial charge in [0.25, 0.3) is 0 Å². The Labute approximate surface area is 110 Å². The van der Waals surface area contributed by atoms with Crippen molar-refractivity contribution in [3.05, 3.63) is 36.4 Å². The van der Waals surface area contributed by atoms with Crippen LogP contribution in [0.1, 0.15) is 32.6 Å². The second kappa shape index (κ2) is 7.10. The van der Waals surface area contributed by atoms with E-state index in [2.05, 4.69) is 36.5 Å². The van der Waals surface area contributed by atoms with Crippen LogP contribution in [0, 0.1) is 5.92 Å². The normalized spacial score (nSPS) is 18.6. The quantitative estimate of drug-likeness (QED) is 0.757. The molecule has 1 aliphatic rings. The summed E-state index contributed by atoms with van der Waals surface area (Å²) in [5.74, 6) is 1.74. The second-order valence-electron chi connectivity index (χ2n) is 4.88. The minimum atomic E-state index is 0.759. The van der Waals surface area contributed by atoms with E-state index in [4.69, 9.17) is 4.74 Å². The Kier molecular flexibility index (Phi) is 5.13. The van der Waals surface area contributed by atoms with Gasteiger partial charge in [0.1, 0.15) is 5.75 Å². The molecule has 0 heterocycles. The van der Waals surface area contributed by atoms with Crippen molar-refractivity contribution in [3.63, 3.8) is 0 Å². The van der Waals surface area contributed by atoms with Crippen LogP contribution in [-0.4, -0.2) is 13.2 Å². The molecule has 1 aliphatic carbocycles. The molecule has 98 valence electrons. The number of hydrogen-bond acceptors (Lipinski definition) is 2. The van der Waals surface area contributed by atoms with Gasteiger partial charge in [-0.3, -0.25) is 0 Å². The Morgan fingerprint density at radius 3 is 2.94 bits per heavy atom. The Hall–Kier alpha value is -1.44. The van der Waals surface area contributed by atoms with Crippen molar-refractivity contribution in [2.24, 2.45) is 5.92 Å². The molecule has 2 nitrogen and oxygen atoms in total. The number of benzene rings is 1. The average Bonchev–Trinajstić information content (AvgIpc) is 2.45. The summed E-state index contributed by atoms with van der Waals surface area (Å²) in [6, 6.07) is 8.23. The molecule has 1 aromatic carbocycles. The van der Waals surface area contributed by atoms with Crippen LogP contribution in [0.15, 0.2) is 36.4 Å². The van der Waals surface area contributed by atoms with Gasteiger partial charge in [0.2, 0.25) is 0 Å². The van der Waals surface area contributed by atoms with Crippen LogP contribution in [-0.2, 0) is 0 Å². The zero-order valence-electron chi connectivity index (χ0n) is 11.2. The van der Waals surface area contributed by atoms with Gasteiger partial charge in [0.15, 0.2) is 0 Å². The number of allylic oxidation sites excluding steroid dienone is 2. The molecule has 0 aliphatic heterocycles. The van der Waals surface area contributed by atoms with E-state index in [0.717, 1.165) is 36.9 Å². The molecule has 1 N–H and O–H groups in total. The minimum Gasteiger partial charge on any atom is -0.491 e. The summed E-state index contributed by atoms with van der Waals surface area (Å²) in [6.45, 7) is 3.95. The molecule has 0 bridgehead atoms. The summed E-state index contributed by atoms with van der Waals surface area (Å²) in [6.07, 6.45) is 9.35. The maximum Gasteiger partial charge on any atom is 0.142 e. The molecule has 18 heavy (non-hydrogen) atoms. The highest BCUT2D eigenvalue weighted by Gasteiger charge is 2.10. The fourth-order valence-corrected chi connectivity index (χ4v) is 2.25. The van der Waals surface area contributed by atoms with Gasteiger partial charge < -0.3 is 10.1 Å². The lowest BCUT2D eigenvalue weighted by Gasteiger charge is -2.20. The summed E-state index contributed by atoms with van der Waals surface area (Å²) in [5, 5.41) is 3.53. The van der Waals surface area contributed by atoms with E-state index in [0.29, 0.717) is 0 Å². The summed E-state index contributed by atoms with van der Waals surface area (Å²) in [4.78, 5) is 0. The molecule has 0 aromatic heterocycles. The summed E-state index contributed by atoms with van der Waals surface area (Å²) in [7, 11) is 0. The first-order chi connectivity index (χ1) is 8.90. The lowest BCUT2D eigenvalue weighted by Crippen LogP contribution is -2.15. The van der Waals surface area contributed by atoms with Gasteiger partial charge >= 0.3 is 0 Å². The third-order valence-corrected chi connectivity index (χ3v) is 3.31. The van der Waals surface area contributed by atoms with Crippen molar-refractivity contribution in [2.45, 2.75) is 32.6 Å². The van der Waals surface area contributed by atoms with E-state index < -0.39 is 0 Å². The Bertz CT molecular complexity index is 386. The van der Waals surface area contributed by atoms with Gasteiger partial charge in [-0.25, -0.2) is 0 Å². The minimum absolute atomic E-state index is 0.759. The van der Waals surface area contributed by atoms with Gasteiger partial charge in [0.05, 0.1) is 12.3 Å². The lowest BCUT2D eigenvalue weighted by molar-refractivity contribution is 0.318. The highest BCUT2D eigenvalue weighted by Crippen LogP contribution is 2.25. The predicted octanol–water partition coefficient (Wildman–Crippen LogP) is 4.24. The first kappa shape index (κ1) is 13.0. The molecule has 1 aromatic rings. The van der Waals surface area contributed by atoms with Crippen LogP contribution in [0.4, 0.5) is 5.69 Å². The fourth-order valence-electron chi connectivity index (χ4n) is 2.25. The zero-order chi connectivity index (χ0) is 12.6. The molecule has 0 radical (unpaired) electrons. The fraction of sp³-hybridized carbons (Fsp3) is 0.500. The molecule has 0 amide bonds. The average molecular weight is 245 g/mol. The highest BCUT2D eigenvalue weighted by atomic mass is 16.5. The van der Waals surface area contributed by atoms with Gasteiger partial charge in [-0.2, -0.15) is 0 Å². The molecular weight excluding hydrogens is 222 g/mol. The second-order valence-corrected chi connectivity index (χ2v) is 4.88. The molecule has 0 spiro atoms. The Balaban J connectivity index is 1.89. The van der Waals surface area contributed by atoms with E-state index >= 15 is 0 Å². The highest BCUT2D eigenvalue weighted by molar-refractivity contribution is 5.56. The predicted molar refractivity (Wildman–Crippen MR) is 77.2 cm³/mol. The monoisotopic (exact) mass is 245 g/mol. The summed E-state index contributed by atoms with van der Waals surface area (Å²) >= 11 is 0. The maximum absolute atomic E-state index is 5.75. The van der Waals surface area contributed by atoms with E-state index in [1.807, 2.05) is 12.1 Å². The summed E-state index contributed by atoms with van der Waals surface area (Å²) < 4.78 is 5.75. The van der Waals surface area contributed by atoms with Crippen LogP contribution in [0.2, 0.25) is 0 Å². The van der Waals surface area contributed by atoms with Crippen molar-refractivity contribution in [1.82, 2.24) is 0 Å². The first-order valence-corrected chi connectivity index (χ1v) is 7.01. The standard InChI is InChI=1S/C16H23NO/c1-2-12-18-16-11-7-6-10-15(16)17-13-14-8-4-3-5-9-14/h3-4,6-7,10-11,14,17H,2,5,8-9,12-13H2,1H3. The van der Waals surface area contributed by atoms with Crippen molar-refractivity contribution in [1.29, 1.82) is 0 Å². The van der Waals surface area contributed by atoms with E-state index in [9.17, 15) is 0 Å². The molecule has 1 atom stereocenters. The van der Waals surface area contributed by atoms with Crippen molar-refractivity contribution in [3.8, 4) is 5.75 Å². The Morgan fingerprint density at radius 1 is 1.28 bits per heavy atom. The number of anilines is 1. The van der Waals surface area contributed by atoms with Crippen molar-refractivity contribution < 1.29 is 4.74 Å². The molecule has 0 saturated carbocycles. The van der Waals surface area contributed by atoms with Crippen molar-refractivity contribution in [2.75, 3.05) is 18.5 Å². The maximum atomic E-state index is 5.75. The largest absolute Gasteiger partial charge is 0.491 e. The van der Waals surface area contributed by atoms with Crippen LogP contribution in [0.3, 0.4) is 0 Å². The molecule has 0 fully saturated rings. The molecule has 2 heteroatoms. The SMILES string of the molecule is CCCOc1ccccc1NCC1CC=CCC1. The van der Waals surface area contributed by atoms with Crippen LogP contribution < -0.4 is 10.1 Å². The van der Waals surface area contributed by atoms with Gasteiger partial charge in [-0.15, -0.1) is 0 Å². The molecule has 2 rings (SSSR count). The zero-order valence-corrected chi connectivity index (χ0v) is 11.2. The van der Waals surface area contributed by atoms with Crippen LogP contribution >= 0.6 is 0 Å². The van der Waals surface area contributed by atoms with Crippen molar-refractivity contribution >= 4 is 5.69 Å². The smallest absolute Gasteiger partial charge is 0.142 e. The molecule has 0 saturated heterocycles. The van der Waals surface area contributed by atoms with E-state index in [1.165, 1.54) is 19.3 Å². The number of nitrogens with one attached hydrogen (secondary N) is 1. The van der Waals surface area contributed by atoms with E-state index in [-0.39, 0.29) is 0 Å². The van der Waals surface area contributed by atoms with E-state index in [1.54, 1.807) is 0 Å². The van der Waals surface area contributed by atoms with Crippen LogP contribution in [0.5, 0.6) is 5.75 Å².